The van der Waals surface area contributed by atoms with Gasteiger partial charge in [-0.1, -0.05) is 36.4 Å². The SMILES string of the molecule is CNc1ncnc2c1ncn2[C@@H]1O[C@H](CO[P@](=O)(N[C@H](C)C(=O)OC(C)C)Oc2cccc3ccccc23)[C@@H](O)[C@@]1(C)F. The van der Waals surface area contributed by atoms with Crippen LogP contribution in [-0.2, 0) is 23.4 Å². The summed E-state index contributed by atoms with van der Waals surface area (Å²) in [4.78, 5) is 25.2. The third-order valence-electron chi connectivity index (χ3n) is 7.00. The molecule has 1 saturated heterocycles. The quantitative estimate of drug-likeness (QED) is 0.164. The molecule has 6 atom stereocenters. The van der Waals surface area contributed by atoms with Gasteiger partial charge in [-0.25, -0.2) is 23.9 Å². The van der Waals surface area contributed by atoms with Gasteiger partial charge in [-0.2, -0.15) is 5.09 Å². The van der Waals surface area contributed by atoms with Crippen molar-refractivity contribution < 1.29 is 37.4 Å². The normalized spacial score (nSPS) is 24.2. The number of aromatic nitrogens is 4. The lowest BCUT2D eigenvalue weighted by molar-refractivity contribution is -0.149. The molecule has 230 valence electrons. The number of imidazole rings is 1. The highest BCUT2D eigenvalue weighted by Gasteiger charge is 2.56. The standard InChI is InChI=1S/C28H34FN6O7P/c1-16(2)40-26(37)17(3)34-43(38,42-20-12-8-10-18-9-6-7-11-19(18)20)39-13-21-23(36)28(4,29)27(41-21)35-15-33-22-24(30-5)31-14-32-25(22)35/h6-12,14-17,21,23,27,36H,13H2,1-5H3,(H,34,38)(H,30,31,32)/t17-,21-,23-,27-,28-,43-/m1/s1. The van der Waals surface area contributed by atoms with E-state index in [-0.39, 0.29) is 11.4 Å². The monoisotopic (exact) mass is 616 g/mol. The van der Waals surface area contributed by atoms with Crippen molar-refractivity contribution in [2.45, 2.75) is 63.9 Å². The fourth-order valence-corrected chi connectivity index (χ4v) is 6.37. The Bertz CT molecular complexity index is 1660. The molecule has 0 saturated carbocycles. The first-order chi connectivity index (χ1) is 20.4. The van der Waals surface area contributed by atoms with E-state index in [1.807, 2.05) is 18.2 Å². The van der Waals surface area contributed by atoms with Gasteiger partial charge in [0.25, 0.3) is 0 Å². The lowest BCUT2D eigenvalue weighted by Gasteiger charge is -2.26. The van der Waals surface area contributed by atoms with Gasteiger partial charge in [0.15, 0.2) is 23.4 Å². The predicted octanol–water partition coefficient (Wildman–Crippen LogP) is 4.14. The van der Waals surface area contributed by atoms with Gasteiger partial charge in [0, 0.05) is 12.4 Å². The van der Waals surface area contributed by atoms with Gasteiger partial charge in [0.1, 0.15) is 35.8 Å². The van der Waals surface area contributed by atoms with Crippen molar-refractivity contribution in [3.05, 3.63) is 55.1 Å². The second kappa shape index (κ2) is 12.1. The Labute approximate surface area is 247 Å². The molecule has 0 amide bonds. The van der Waals surface area contributed by atoms with E-state index in [0.717, 1.165) is 5.39 Å². The van der Waals surface area contributed by atoms with Gasteiger partial charge < -0.3 is 24.4 Å². The van der Waals surface area contributed by atoms with Crippen molar-refractivity contribution in [2.24, 2.45) is 0 Å². The number of carbonyl (C=O) groups excluding carboxylic acids is 1. The number of anilines is 1. The molecule has 1 aliphatic rings. The van der Waals surface area contributed by atoms with Crippen LogP contribution in [0.15, 0.2) is 55.1 Å². The number of hydrogen-bond acceptors (Lipinski definition) is 11. The molecule has 4 aromatic rings. The van der Waals surface area contributed by atoms with E-state index in [0.29, 0.717) is 16.7 Å². The smallest absolute Gasteiger partial charge is 0.459 e. The number of aliphatic hydroxyl groups is 1. The number of ether oxygens (including phenoxy) is 2. The molecule has 0 bridgehead atoms. The van der Waals surface area contributed by atoms with Gasteiger partial charge in [-0.3, -0.25) is 13.9 Å². The number of rotatable bonds is 11. The maximum absolute atomic E-state index is 16.1. The Hall–Kier alpha value is -3.68. The number of nitrogens with one attached hydrogen (secondary N) is 2. The lowest BCUT2D eigenvalue weighted by atomic mass is 9.98. The zero-order valence-corrected chi connectivity index (χ0v) is 25.2. The van der Waals surface area contributed by atoms with Gasteiger partial charge in [0.2, 0.25) is 0 Å². The zero-order valence-electron chi connectivity index (χ0n) is 24.3. The summed E-state index contributed by atoms with van der Waals surface area (Å²) in [5, 5.41) is 18.0. The minimum absolute atomic E-state index is 0.226. The lowest BCUT2D eigenvalue weighted by Crippen LogP contribution is -2.41. The van der Waals surface area contributed by atoms with E-state index in [1.165, 1.54) is 31.1 Å². The van der Waals surface area contributed by atoms with Crippen molar-refractivity contribution in [1.82, 2.24) is 24.6 Å². The van der Waals surface area contributed by atoms with Crippen molar-refractivity contribution in [1.29, 1.82) is 0 Å². The first-order valence-electron chi connectivity index (χ1n) is 13.7. The topological polar surface area (TPSA) is 159 Å². The number of nitrogens with zero attached hydrogens (tertiary/aromatic N) is 4. The van der Waals surface area contributed by atoms with Crippen LogP contribution >= 0.6 is 7.75 Å². The van der Waals surface area contributed by atoms with Crippen molar-refractivity contribution in [3.63, 3.8) is 0 Å². The van der Waals surface area contributed by atoms with Gasteiger partial charge >= 0.3 is 13.7 Å². The summed E-state index contributed by atoms with van der Waals surface area (Å²) in [6.07, 6.45) is -2.11. The van der Waals surface area contributed by atoms with Crippen LogP contribution in [0.25, 0.3) is 21.9 Å². The molecule has 0 radical (unpaired) electrons. The average Bonchev–Trinajstić information content (AvgIpc) is 3.49. The average molecular weight is 617 g/mol. The molecule has 43 heavy (non-hydrogen) atoms. The fraction of sp³-hybridized carbons (Fsp3) is 0.429. The first-order valence-corrected chi connectivity index (χ1v) is 15.3. The predicted molar refractivity (Wildman–Crippen MR) is 156 cm³/mol. The molecule has 0 spiro atoms. The summed E-state index contributed by atoms with van der Waals surface area (Å²) < 4.78 is 54.4. The van der Waals surface area contributed by atoms with E-state index in [4.69, 9.17) is 18.5 Å². The molecule has 1 fully saturated rings. The molecule has 1 aliphatic heterocycles. The molecular formula is C28H34FN6O7P. The number of alkyl halides is 1. The second-order valence-electron chi connectivity index (χ2n) is 10.6. The summed E-state index contributed by atoms with van der Waals surface area (Å²) in [5.41, 5.74) is -1.65. The molecule has 5 rings (SSSR count). The molecule has 13 nitrogen and oxygen atoms in total. The number of carbonyl (C=O) groups is 1. The van der Waals surface area contributed by atoms with E-state index in [1.54, 1.807) is 45.2 Å². The number of esters is 1. The Morgan fingerprint density at radius 2 is 1.93 bits per heavy atom. The number of halogens is 1. The Morgan fingerprint density at radius 1 is 1.19 bits per heavy atom. The fourth-order valence-electron chi connectivity index (χ4n) is 4.85. The Morgan fingerprint density at radius 3 is 2.67 bits per heavy atom. The highest BCUT2D eigenvalue weighted by atomic mass is 31.2. The van der Waals surface area contributed by atoms with Crippen molar-refractivity contribution in [3.8, 4) is 5.75 Å². The minimum atomic E-state index is -4.36. The van der Waals surface area contributed by atoms with Crippen molar-refractivity contribution >= 4 is 41.5 Å². The maximum Gasteiger partial charge on any atom is 0.459 e. The number of benzene rings is 2. The Balaban J connectivity index is 1.40. The van der Waals surface area contributed by atoms with E-state index in [2.05, 4.69) is 25.4 Å². The van der Waals surface area contributed by atoms with Gasteiger partial charge in [0.05, 0.1) is 19.0 Å². The van der Waals surface area contributed by atoms with E-state index in [9.17, 15) is 14.5 Å². The molecule has 3 N–H and O–H groups in total. The molecule has 3 heterocycles. The van der Waals surface area contributed by atoms with E-state index < -0.39 is 56.6 Å². The van der Waals surface area contributed by atoms with Crippen LogP contribution in [0.3, 0.4) is 0 Å². The summed E-state index contributed by atoms with van der Waals surface area (Å²) in [5.74, 6) is -0.0152. The summed E-state index contributed by atoms with van der Waals surface area (Å²) in [6.45, 7) is 5.45. The number of aliphatic hydroxyl groups excluding tert-OH is 1. The molecule has 0 unspecified atom stereocenters. The minimum Gasteiger partial charge on any atom is -0.462 e. The largest absolute Gasteiger partial charge is 0.462 e. The summed E-state index contributed by atoms with van der Waals surface area (Å²) in [7, 11) is -2.70. The van der Waals surface area contributed by atoms with Crippen LogP contribution in [-0.4, -0.2) is 74.3 Å². The first kappa shape index (κ1) is 30.8. The molecular weight excluding hydrogens is 582 g/mol. The van der Waals surface area contributed by atoms with Crippen molar-refractivity contribution in [2.75, 3.05) is 19.0 Å². The van der Waals surface area contributed by atoms with Crippen LogP contribution < -0.4 is 14.9 Å². The van der Waals surface area contributed by atoms with Crippen LogP contribution in [0.2, 0.25) is 0 Å². The molecule has 15 heteroatoms. The molecule has 0 aliphatic carbocycles. The van der Waals surface area contributed by atoms with Crippen LogP contribution in [0.5, 0.6) is 5.75 Å². The van der Waals surface area contributed by atoms with Crippen LogP contribution in [0, 0.1) is 0 Å². The van der Waals surface area contributed by atoms with Gasteiger partial charge in [-0.15, -0.1) is 0 Å². The van der Waals surface area contributed by atoms with E-state index >= 15 is 4.39 Å². The highest BCUT2D eigenvalue weighted by molar-refractivity contribution is 7.52. The number of fused-ring (bicyclic) bond motifs is 2. The molecule has 2 aromatic carbocycles. The third kappa shape index (κ3) is 6.20. The Kier molecular flexibility index (Phi) is 8.68. The number of hydrogen-bond donors (Lipinski definition) is 3. The third-order valence-corrected chi connectivity index (χ3v) is 8.63. The second-order valence-corrected chi connectivity index (χ2v) is 12.3. The van der Waals surface area contributed by atoms with Crippen LogP contribution in [0.4, 0.5) is 10.2 Å². The molecule has 2 aromatic heterocycles. The zero-order chi connectivity index (χ0) is 30.9. The maximum atomic E-state index is 16.1. The highest BCUT2D eigenvalue weighted by Crippen LogP contribution is 2.49. The summed E-state index contributed by atoms with van der Waals surface area (Å²) >= 11 is 0. The van der Waals surface area contributed by atoms with Gasteiger partial charge in [-0.05, 0) is 39.1 Å². The summed E-state index contributed by atoms with van der Waals surface area (Å²) in [6, 6.07) is 11.4. The van der Waals surface area contributed by atoms with Crippen LogP contribution in [0.1, 0.15) is 33.9 Å².